The van der Waals surface area contributed by atoms with Crippen molar-refractivity contribution in [2.24, 2.45) is 5.41 Å². The van der Waals surface area contributed by atoms with Crippen molar-refractivity contribution in [3.8, 4) is 0 Å². The summed E-state index contributed by atoms with van der Waals surface area (Å²) >= 11 is 0. The van der Waals surface area contributed by atoms with E-state index in [9.17, 15) is 13.2 Å². The number of rotatable bonds is 6. The van der Waals surface area contributed by atoms with Crippen molar-refractivity contribution < 1.29 is 17.9 Å². The maximum absolute atomic E-state index is 12.7. The Morgan fingerprint density at radius 3 is 2.12 bits per heavy atom. The van der Waals surface area contributed by atoms with Crippen LogP contribution in [0.4, 0.5) is 4.79 Å². The number of ether oxygens (including phenoxy) is 1. The number of carbonyl (C=O) groups is 1. The van der Waals surface area contributed by atoms with E-state index in [1.54, 1.807) is 7.05 Å². The zero-order valence-corrected chi connectivity index (χ0v) is 17.7. The van der Waals surface area contributed by atoms with Crippen molar-refractivity contribution in [3.63, 3.8) is 0 Å². The number of alkyl carbamates (subject to hydrolysis) is 1. The molecular weight excluding hydrogens is 352 g/mol. The van der Waals surface area contributed by atoms with Gasteiger partial charge < -0.3 is 10.1 Å². The molecule has 0 aromatic heterocycles. The van der Waals surface area contributed by atoms with Crippen molar-refractivity contribution in [3.05, 3.63) is 35.9 Å². The highest BCUT2D eigenvalue weighted by Crippen LogP contribution is 2.24. The minimum Gasteiger partial charge on any atom is -0.445 e. The lowest BCUT2D eigenvalue weighted by molar-refractivity contribution is 0.128. The summed E-state index contributed by atoms with van der Waals surface area (Å²) in [5.41, 5.74) is -0.109. The predicted octanol–water partition coefficient (Wildman–Crippen LogP) is 3.39. The lowest BCUT2D eigenvalue weighted by Crippen LogP contribution is -2.52. The van der Waals surface area contributed by atoms with Gasteiger partial charge in [-0.15, -0.1) is 0 Å². The number of nitrogens with one attached hydrogen (secondary N) is 1. The fourth-order valence-electron chi connectivity index (χ4n) is 2.15. The lowest BCUT2D eigenvalue weighted by Gasteiger charge is -2.36. The minimum absolute atomic E-state index is 0.137. The van der Waals surface area contributed by atoms with Crippen molar-refractivity contribution in [1.29, 1.82) is 0 Å². The molecule has 1 amide bonds. The first-order chi connectivity index (χ1) is 11.7. The minimum atomic E-state index is -3.55. The van der Waals surface area contributed by atoms with Crippen LogP contribution in [0.15, 0.2) is 30.3 Å². The maximum Gasteiger partial charge on any atom is 0.407 e. The normalized spacial score (nSPS) is 14.2. The Kier molecular flexibility index (Phi) is 7.24. The van der Waals surface area contributed by atoms with E-state index in [0.29, 0.717) is 0 Å². The highest BCUT2D eigenvalue weighted by Gasteiger charge is 2.36. The second-order valence-electron chi connectivity index (χ2n) is 8.54. The van der Waals surface area contributed by atoms with Crippen LogP contribution in [0.3, 0.4) is 0 Å². The van der Waals surface area contributed by atoms with Gasteiger partial charge in [0.25, 0.3) is 0 Å². The predicted molar refractivity (Wildman–Crippen MR) is 104 cm³/mol. The van der Waals surface area contributed by atoms with E-state index in [1.807, 2.05) is 71.9 Å². The molecule has 0 aliphatic heterocycles. The van der Waals surface area contributed by atoms with Crippen LogP contribution in [0, 0.1) is 5.41 Å². The van der Waals surface area contributed by atoms with E-state index in [-0.39, 0.29) is 12.4 Å². The van der Waals surface area contributed by atoms with Crippen LogP contribution in [-0.4, -0.2) is 43.2 Å². The molecule has 7 heteroatoms. The number of nitrogens with zero attached hydrogens (tertiary/aromatic N) is 1. The molecule has 0 heterocycles. The van der Waals surface area contributed by atoms with Crippen LogP contribution < -0.4 is 5.32 Å². The summed E-state index contributed by atoms with van der Waals surface area (Å²) in [5.74, 6) is -0.190. The fraction of sp³-hybridized carbons (Fsp3) is 0.632. The zero-order valence-electron chi connectivity index (χ0n) is 16.9. The van der Waals surface area contributed by atoms with Gasteiger partial charge in [0.1, 0.15) is 6.61 Å². The third-order valence-electron chi connectivity index (χ3n) is 4.29. The van der Waals surface area contributed by atoms with E-state index >= 15 is 0 Å². The van der Waals surface area contributed by atoms with Crippen molar-refractivity contribution in [2.45, 2.75) is 59.7 Å². The van der Waals surface area contributed by atoms with Gasteiger partial charge in [-0.1, -0.05) is 51.1 Å². The summed E-state index contributed by atoms with van der Waals surface area (Å²) in [6.07, 6.45) is -0.623. The average Bonchev–Trinajstić information content (AvgIpc) is 2.50. The summed E-state index contributed by atoms with van der Waals surface area (Å²) < 4.78 is 32.0. The molecule has 0 aliphatic carbocycles. The van der Waals surface area contributed by atoms with E-state index < -0.39 is 33.1 Å². The Morgan fingerprint density at radius 2 is 1.65 bits per heavy atom. The Morgan fingerprint density at radius 1 is 1.12 bits per heavy atom. The number of benzene rings is 1. The molecule has 0 bridgehead atoms. The molecule has 0 fully saturated rings. The quantitative estimate of drug-likeness (QED) is 0.816. The third-order valence-corrected chi connectivity index (χ3v) is 6.43. The summed E-state index contributed by atoms with van der Waals surface area (Å²) in [7, 11) is -1.99. The molecule has 1 aromatic rings. The number of carbonyl (C=O) groups excluding carboxylic acids is 1. The number of amides is 1. The molecular formula is C19H32N2O4S. The summed E-state index contributed by atoms with van der Waals surface area (Å²) in [4.78, 5) is 12.2. The first kappa shape index (κ1) is 22.4. The molecule has 0 spiro atoms. The van der Waals surface area contributed by atoms with Gasteiger partial charge in [-0.25, -0.2) is 13.2 Å². The van der Waals surface area contributed by atoms with Gasteiger partial charge in [0, 0.05) is 12.6 Å². The fourth-order valence-corrected chi connectivity index (χ4v) is 4.22. The van der Waals surface area contributed by atoms with Gasteiger partial charge in [-0.2, -0.15) is 4.31 Å². The van der Waals surface area contributed by atoms with Crippen LogP contribution in [0.1, 0.15) is 47.1 Å². The van der Waals surface area contributed by atoms with Gasteiger partial charge >= 0.3 is 6.09 Å². The molecule has 1 rings (SSSR count). The Hall–Kier alpha value is -1.60. The molecule has 148 valence electrons. The van der Waals surface area contributed by atoms with Gasteiger partial charge in [0.05, 0.1) is 11.8 Å². The van der Waals surface area contributed by atoms with Gasteiger partial charge in [0.2, 0.25) is 10.0 Å². The largest absolute Gasteiger partial charge is 0.445 e. The van der Waals surface area contributed by atoms with Gasteiger partial charge in [-0.05, 0) is 31.7 Å². The molecule has 0 aliphatic rings. The lowest BCUT2D eigenvalue weighted by atomic mass is 9.88. The summed E-state index contributed by atoms with van der Waals surface area (Å²) in [6.45, 7) is 11.3. The standard InChI is InChI=1S/C19H32N2O4S/c1-18(2,3)16(14-26(23,24)21(7)19(4,5)6)20-17(22)25-13-15-11-9-8-10-12-15/h8-12,16H,13-14H2,1-7H3,(H,20,22)/t16-/m1/s1. The molecule has 26 heavy (non-hydrogen) atoms. The van der Waals surface area contributed by atoms with Crippen LogP contribution in [0.25, 0.3) is 0 Å². The highest BCUT2D eigenvalue weighted by molar-refractivity contribution is 7.89. The molecule has 0 unspecified atom stereocenters. The molecule has 1 atom stereocenters. The molecule has 0 saturated heterocycles. The smallest absolute Gasteiger partial charge is 0.407 e. The van der Waals surface area contributed by atoms with Crippen molar-refractivity contribution in [2.75, 3.05) is 12.8 Å². The Labute approximate surface area is 158 Å². The molecule has 0 saturated carbocycles. The zero-order chi connectivity index (χ0) is 20.2. The van der Waals surface area contributed by atoms with Gasteiger partial charge in [-0.3, -0.25) is 0 Å². The van der Waals surface area contributed by atoms with E-state index in [1.165, 1.54) is 4.31 Å². The summed E-state index contributed by atoms with van der Waals surface area (Å²) in [5, 5.41) is 2.72. The van der Waals surface area contributed by atoms with Crippen molar-refractivity contribution in [1.82, 2.24) is 9.62 Å². The third kappa shape index (κ3) is 6.96. The van der Waals surface area contributed by atoms with Crippen LogP contribution in [0.5, 0.6) is 0 Å². The van der Waals surface area contributed by atoms with Crippen LogP contribution in [0.2, 0.25) is 0 Å². The number of hydrogen-bond acceptors (Lipinski definition) is 4. The monoisotopic (exact) mass is 384 g/mol. The molecule has 1 N–H and O–H groups in total. The topological polar surface area (TPSA) is 75.7 Å². The molecule has 1 aromatic carbocycles. The van der Waals surface area contributed by atoms with E-state index in [2.05, 4.69) is 5.32 Å². The second-order valence-corrected chi connectivity index (χ2v) is 10.6. The number of sulfonamides is 1. The number of hydrogen-bond donors (Lipinski definition) is 1. The Balaban J connectivity index is 2.80. The van der Waals surface area contributed by atoms with Crippen LogP contribution in [-0.2, 0) is 21.4 Å². The Bertz CT molecular complexity index is 688. The SMILES string of the molecule is CN(C(C)(C)C)S(=O)(=O)C[C@@H](NC(=O)OCc1ccccc1)C(C)(C)C. The first-order valence-electron chi connectivity index (χ1n) is 8.67. The van der Waals surface area contributed by atoms with E-state index in [4.69, 9.17) is 4.74 Å². The summed E-state index contributed by atoms with van der Waals surface area (Å²) in [6, 6.07) is 8.75. The first-order valence-corrected chi connectivity index (χ1v) is 10.3. The van der Waals surface area contributed by atoms with Crippen LogP contribution >= 0.6 is 0 Å². The molecule has 0 radical (unpaired) electrons. The second kappa shape index (κ2) is 8.39. The maximum atomic E-state index is 12.7. The highest BCUT2D eigenvalue weighted by atomic mass is 32.2. The van der Waals surface area contributed by atoms with E-state index in [0.717, 1.165) is 5.56 Å². The van der Waals surface area contributed by atoms with Crippen molar-refractivity contribution >= 4 is 16.1 Å². The molecule has 6 nitrogen and oxygen atoms in total. The van der Waals surface area contributed by atoms with Gasteiger partial charge in [0.15, 0.2) is 0 Å². The average molecular weight is 385 g/mol.